The van der Waals surface area contributed by atoms with Crippen molar-refractivity contribution in [2.24, 2.45) is 5.92 Å². The van der Waals surface area contributed by atoms with Gasteiger partial charge >= 0.3 is 11.9 Å². The highest BCUT2D eigenvalue weighted by Crippen LogP contribution is 2.10. The maximum absolute atomic E-state index is 11.3. The molecule has 0 aliphatic heterocycles. The summed E-state index contributed by atoms with van der Waals surface area (Å²) in [5, 5.41) is 8.69. The highest BCUT2D eigenvalue weighted by atomic mass is 16.5. The van der Waals surface area contributed by atoms with Crippen molar-refractivity contribution in [3.8, 4) is 0 Å². The number of rotatable bonds is 5. The Morgan fingerprint density at radius 2 is 2.11 bits per heavy atom. The summed E-state index contributed by atoms with van der Waals surface area (Å²) in [4.78, 5) is 31.3. The Kier molecular flexibility index (Phi) is 4.59. The first-order valence-corrected chi connectivity index (χ1v) is 5.30. The van der Waals surface area contributed by atoms with Gasteiger partial charge in [-0.25, -0.2) is 14.8 Å². The van der Waals surface area contributed by atoms with E-state index < -0.39 is 5.97 Å². The number of methoxy groups -OCH3 is 1. The number of hydrogen-bond acceptors (Lipinski definition) is 6. The van der Waals surface area contributed by atoms with E-state index in [9.17, 15) is 9.59 Å². The van der Waals surface area contributed by atoms with Crippen LogP contribution in [0.3, 0.4) is 0 Å². The van der Waals surface area contributed by atoms with E-state index in [4.69, 9.17) is 5.11 Å². The number of carboxylic acid groups (broad SMARTS) is 1. The molecule has 0 aliphatic rings. The summed E-state index contributed by atoms with van der Waals surface area (Å²) in [6, 6.07) is 0. The maximum Gasteiger partial charge on any atom is 0.356 e. The summed E-state index contributed by atoms with van der Waals surface area (Å²) in [6.45, 7) is 2.15. The summed E-state index contributed by atoms with van der Waals surface area (Å²) in [5.74, 6) is -1.24. The zero-order valence-corrected chi connectivity index (χ0v) is 10.5. The minimum Gasteiger partial charge on any atom is -0.476 e. The molecular formula is C11H15N3O4. The number of aromatic nitrogens is 2. The van der Waals surface area contributed by atoms with Crippen LogP contribution in [-0.4, -0.2) is 47.7 Å². The highest BCUT2D eigenvalue weighted by molar-refractivity contribution is 5.84. The van der Waals surface area contributed by atoms with Gasteiger partial charge in [0, 0.05) is 13.6 Å². The molecule has 0 fully saturated rings. The molecule has 0 spiro atoms. The lowest BCUT2D eigenvalue weighted by molar-refractivity contribution is -0.144. The molecule has 0 saturated carbocycles. The fourth-order valence-corrected chi connectivity index (χ4v) is 1.41. The van der Waals surface area contributed by atoms with Gasteiger partial charge in [0.25, 0.3) is 0 Å². The molecule has 1 aromatic rings. The van der Waals surface area contributed by atoms with Crippen LogP contribution in [0.4, 0.5) is 5.82 Å². The number of nitrogens with zero attached hydrogens (tertiary/aromatic N) is 3. The van der Waals surface area contributed by atoms with E-state index in [2.05, 4.69) is 14.7 Å². The molecule has 0 aliphatic carbocycles. The van der Waals surface area contributed by atoms with Gasteiger partial charge in [-0.1, -0.05) is 6.92 Å². The second-order valence-corrected chi connectivity index (χ2v) is 3.87. The first-order valence-electron chi connectivity index (χ1n) is 5.30. The van der Waals surface area contributed by atoms with Crippen molar-refractivity contribution in [2.45, 2.75) is 6.92 Å². The molecule has 0 aromatic carbocycles. The van der Waals surface area contributed by atoms with Gasteiger partial charge in [0.2, 0.25) is 0 Å². The average Bonchev–Trinajstić information content (AvgIpc) is 2.37. The van der Waals surface area contributed by atoms with Crippen LogP contribution < -0.4 is 4.90 Å². The zero-order valence-electron chi connectivity index (χ0n) is 10.5. The predicted octanol–water partition coefficient (Wildman–Crippen LogP) is 0.420. The monoisotopic (exact) mass is 253 g/mol. The Bertz CT molecular complexity index is 432. The van der Waals surface area contributed by atoms with Crippen LogP contribution in [0.1, 0.15) is 17.4 Å². The third kappa shape index (κ3) is 3.41. The predicted molar refractivity (Wildman–Crippen MR) is 63.4 cm³/mol. The second kappa shape index (κ2) is 5.95. The Labute approximate surface area is 104 Å². The fraction of sp³-hybridized carbons (Fsp3) is 0.455. The zero-order chi connectivity index (χ0) is 13.7. The van der Waals surface area contributed by atoms with Crippen LogP contribution in [0.5, 0.6) is 0 Å². The van der Waals surface area contributed by atoms with Gasteiger partial charge in [0.15, 0.2) is 5.69 Å². The third-order valence-corrected chi connectivity index (χ3v) is 2.40. The van der Waals surface area contributed by atoms with Crippen LogP contribution in [-0.2, 0) is 9.53 Å². The quantitative estimate of drug-likeness (QED) is 0.760. The smallest absolute Gasteiger partial charge is 0.356 e. The van der Waals surface area contributed by atoms with Crippen LogP contribution >= 0.6 is 0 Å². The van der Waals surface area contributed by atoms with Gasteiger partial charge < -0.3 is 14.7 Å². The standard InChI is InChI=1S/C11H15N3O4/c1-7(11(17)18-3)6-14(2)9-5-12-8(4-13-9)10(15)16/h4-5,7H,6H2,1-3H3,(H,15,16). The van der Waals surface area contributed by atoms with Crippen molar-refractivity contribution in [3.63, 3.8) is 0 Å². The van der Waals surface area contributed by atoms with E-state index in [0.717, 1.165) is 0 Å². The summed E-state index contributed by atoms with van der Waals surface area (Å²) < 4.78 is 4.62. The van der Waals surface area contributed by atoms with Crippen molar-refractivity contribution in [3.05, 3.63) is 18.1 Å². The molecule has 1 aromatic heterocycles. The minimum absolute atomic E-state index is 0.117. The lowest BCUT2D eigenvalue weighted by atomic mass is 10.2. The maximum atomic E-state index is 11.3. The summed E-state index contributed by atoms with van der Waals surface area (Å²) in [7, 11) is 3.07. The molecule has 0 bridgehead atoms. The van der Waals surface area contributed by atoms with Crippen molar-refractivity contribution >= 4 is 17.8 Å². The lowest BCUT2D eigenvalue weighted by Gasteiger charge is -2.20. The van der Waals surface area contributed by atoms with E-state index in [-0.39, 0.29) is 17.6 Å². The van der Waals surface area contributed by atoms with Crippen molar-refractivity contribution < 1.29 is 19.4 Å². The van der Waals surface area contributed by atoms with Gasteiger partial charge in [-0.2, -0.15) is 0 Å². The summed E-state index contributed by atoms with van der Waals surface area (Å²) >= 11 is 0. The van der Waals surface area contributed by atoms with Crippen LogP contribution in [0.2, 0.25) is 0 Å². The van der Waals surface area contributed by atoms with Crippen LogP contribution in [0, 0.1) is 5.92 Å². The second-order valence-electron chi connectivity index (χ2n) is 3.87. The van der Waals surface area contributed by atoms with E-state index in [1.165, 1.54) is 19.5 Å². The number of esters is 1. The molecule has 0 amide bonds. The van der Waals surface area contributed by atoms with Crippen molar-refractivity contribution in [2.75, 3.05) is 25.6 Å². The van der Waals surface area contributed by atoms with Gasteiger partial charge in [-0.15, -0.1) is 0 Å². The number of carboxylic acids is 1. The molecule has 7 nitrogen and oxygen atoms in total. The summed E-state index contributed by atoms with van der Waals surface area (Å²) in [5.41, 5.74) is -0.117. The molecule has 1 N–H and O–H groups in total. The number of carbonyl (C=O) groups is 2. The van der Waals surface area contributed by atoms with E-state index in [0.29, 0.717) is 12.4 Å². The number of ether oxygens (including phenoxy) is 1. The Hall–Kier alpha value is -2.18. The molecule has 0 radical (unpaired) electrons. The number of carbonyl (C=O) groups excluding carboxylic acids is 1. The normalized spacial score (nSPS) is 11.7. The summed E-state index contributed by atoms with van der Waals surface area (Å²) in [6.07, 6.45) is 2.53. The molecule has 18 heavy (non-hydrogen) atoms. The molecule has 98 valence electrons. The average molecular weight is 253 g/mol. The van der Waals surface area contributed by atoms with Crippen LogP contribution in [0.25, 0.3) is 0 Å². The Balaban J connectivity index is 2.69. The largest absolute Gasteiger partial charge is 0.476 e. The number of anilines is 1. The first kappa shape index (κ1) is 13.9. The van der Waals surface area contributed by atoms with Gasteiger partial charge in [0.05, 0.1) is 25.4 Å². The molecule has 1 unspecified atom stereocenters. The highest BCUT2D eigenvalue weighted by Gasteiger charge is 2.16. The Morgan fingerprint density at radius 1 is 1.44 bits per heavy atom. The Morgan fingerprint density at radius 3 is 2.56 bits per heavy atom. The topological polar surface area (TPSA) is 92.6 Å². The van der Waals surface area contributed by atoms with E-state index >= 15 is 0 Å². The first-order chi connectivity index (χ1) is 8.45. The third-order valence-electron chi connectivity index (χ3n) is 2.40. The van der Waals surface area contributed by atoms with Crippen molar-refractivity contribution in [1.29, 1.82) is 0 Å². The molecule has 1 rings (SSSR count). The fourth-order valence-electron chi connectivity index (χ4n) is 1.41. The van der Waals surface area contributed by atoms with Gasteiger partial charge in [-0.3, -0.25) is 4.79 Å². The number of hydrogen-bond donors (Lipinski definition) is 1. The lowest BCUT2D eigenvalue weighted by Crippen LogP contribution is -2.30. The van der Waals surface area contributed by atoms with E-state index in [1.54, 1.807) is 18.9 Å². The molecule has 1 atom stereocenters. The molecule has 1 heterocycles. The van der Waals surface area contributed by atoms with Crippen molar-refractivity contribution in [1.82, 2.24) is 9.97 Å². The van der Waals surface area contributed by atoms with E-state index in [1.807, 2.05) is 0 Å². The minimum atomic E-state index is -1.13. The molecular weight excluding hydrogens is 238 g/mol. The number of aromatic carboxylic acids is 1. The SMILES string of the molecule is COC(=O)C(C)CN(C)c1cnc(C(=O)O)cn1. The van der Waals surface area contributed by atoms with Gasteiger partial charge in [-0.05, 0) is 0 Å². The van der Waals surface area contributed by atoms with Gasteiger partial charge in [0.1, 0.15) is 5.82 Å². The van der Waals surface area contributed by atoms with Crippen LogP contribution in [0.15, 0.2) is 12.4 Å². The molecule has 0 saturated heterocycles. The molecule has 7 heteroatoms.